The number of benzene rings is 2. The molecule has 152 valence electrons. The number of nitrogens with zero attached hydrogens (tertiary/aromatic N) is 4. The van der Waals surface area contributed by atoms with Crippen LogP contribution in [0.5, 0.6) is 17.2 Å². The molecule has 0 aliphatic carbocycles. The van der Waals surface area contributed by atoms with Crippen molar-refractivity contribution in [2.24, 2.45) is 5.10 Å². The van der Waals surface area contributed by atoms with Gasteiger partial charge in [-0.15, -0.1) is 10.2 Å². The zero-order chi connectivity index (χ0) is 20.3. The Balaban J connectivity index is 1.38. The maximum Gasteiger partial charge on any atom is 0.161 e. The average Bonchev–Trinajstić information content (AvgIpc) is 3.27. The molecule has 0 unspecified atom stereocenters. The standard InChI is InChI=1S/C21H24N4O4/c1-17-3-6-19(7-4-17)28-11-9-27-10-12-29-20-8-5-18(13-21(20)26-2)14-24-25-15-22-23-16-25/h3-8,13-16H,9-12H2,1-2H3/b24-14-. The highest BCUT2D eigenvalue weighted by molar-refractivity contribution is 5.80. The van der Waals surface area contributed by atoms with Crippen LogP contribution in [0.3, 0.4) is 0 Å². The van der Waals surface area contributed by atoms with E-state index in [1.54, 1.807) is 13.3 Å². The quantitative estimate of drug-likeness (QED) is 0.366. The van der Waals surface area contributed by atoms with Crippen LogP contribution in [0.2, 0.25) is 0 Å². The van der Waals surface area contributed by atoms with Gasteiger partial charge in [-0.3, -0.25) is 0 Å². The highest BCUT2D eigenvalue weighted by atomic mass is 16.6. The highest BCUT2D eigenvalue weighted by Gasteiger charge is 2.05. The van der Waals surface area contributed by atoms with Gasteiger partial charge in [0.25, 0.3) is 0 Å². The molecule has 3 aromatic rings. The Morgan fingerprint density at radius 3 is 2.34 bits per heavy atom. The van der Waals surface area contributed by atoms with Gasteiger partial charge in [-0.05, 0) is 42.8 Å². The Morgan fingerprint density at radius 1 is 0.897 bits per heavy atom. The Morgan fingerprint density at radius 2 is 1.62 bits per heavy atom. The van der Waals surface area contributed by atoms with Crippen molar-refractivity contribution in [2.75, 3.05) is 33.5 Å². The second-order valence-corrected chi connectivity index (χ2v) is 6.12. The predicted molar refractivity (Wildman–Crippen MR) is 109 cm³/mol. The number of aryl methyl sites for hydroxylation is 1. The van der Waals surface area contributed by atoms with Crippen molar-refractivity contribution < 1.29 is 18.9 Å². The normalized spacial score (nSPS) is 11.0. The van der Waals surface area contributed by atoms with Gasteiger partial charge in [-0.25, -0.2) is 4.68 Å². The molecule has 1 aromatic heterocycles. The number of methoxy groups -OCH3 is 1. The maximum atomic E-state index is 5.75. The molecule has 0 spiro atoms. The molecule has 2 aromatic carbocycles. The van der Waals surface area contributed by atoms with Crippen LogP contribution < -0.4 is 14.2 Å². The summed E-state index contributed by atoms with van der Waals surface area (Å²) in [5.74, 6) is 2.11. The fourth-order valence-electron chi connectivity index (χ4n) is 2.44. The van der Waals surface area contributed by atoms with E-state index < -0.39 is 0 Å². The summed E-state index contributed by atoms with van der Waals surface area (Å²) in [6.45, 7) is 3.90. The van der Waals surface area contributed by atoms with E-state index in [0.717, 1.165) is 11.3 Å². The smallest absolute Gasteiger partial charge is 0.161 e. The minimum atomic E-state index is 0.412. The van der Waals surface area contributed by atoms with Crippen molar-refractivity contribution >= 4 is 6.21 Å². The lowest BCUT2D eigenvalue weighted by Gasteiger charge is -2.12. The van der Waals surface area contributed by atoms with Gasteiger partial charge in [-0.1, -0.05) is 17.7 Å². The monoisotopic (exact) mass is 396 g/mol. The zero-order valence-electron chi connectivity index (χ0n) is 16.5. The Labute approximate surface area is 169 Å². The Hall–Kier alpha value is -3.39. The molecule has 8 nitrogen and oxygen atoms in total. The van der Waals surface area contributed by atoms with Gasteiger partial charge in [0.15, 0.2) is 11.5 Å². The van der Waals surface area contributed by atoms with E-state index in [2.05, 4.69) is 15.3 Å². The fourth-order valence-corrected chi connectivity index (χ4v) is 2.44. The van der Waals surface area contributed by atoms with Crippen LogP contribution in [0.1, 0.15) is 11.1 Å². The summed E-state index contributed by atoms with van der Waals surface area (Å²) in [5.41, 5.74) is 2.07. The number of hydrogen-bond donors (Lipinski definition) is 0. The topological polar surface area (TPSA) is 80.0 Å². The van der Waals surface area contributed by atoms with Crippen molar-refractivity contribution in [1.29, 1.82) is 0 Å². The first kappa shape index (κ1) is 20.3. The second kappa shape index (κ2) is 10.8. The summed E-state index contributed by atoms with van der Waals surface area (Å²) in [4.78, 5) is 0. The van der Waals surface area contributed by atoms with E-state index in [0.29, 0.717) is 37.9 Å². The van der Waals surface area contributed by atoms with Gasteiger partial charge in [0, 0.05) is 0 Å². The molecule has 0 radical (unpaired) electrons. The van der Waals surface area contributed by atoms with E-state index in [9.17, 15) is 0 Å². The molecule has 1 heterocycles. The molecule has 3 rings (SSSR count). The van der Waals surface area contributed by atoms with Gasteiger partial charge in [-0.2, -0.15) is 5.10 Å². The second-order valence-electron chi connectivity index (χ2n) is 6.12. The molecular weight excluding hydrogens is 372 g/mol. The third kappa shape index (κ3) is 6.62. The van der Waals surface area contributed by atoms with Crippen molar-refractivity contribution in [3.63, 3.8) is 0 Å². The molecule has 29 heavy (non-hydrogen) atoms. The van der Waals surface area contributed by atoms with Gasteiger partial charge < -0.3 is 18.9 Å². The van der Waals surface area contributed by atoms with E-state index in [1.165, 1.54) is 22.9 Å². The lowest BCUT2D eigenvalue weighted by atomic mass is 10.2. The zero-order valence-corrected chi connectivity index (χ0v) is 16.5. The minimum Gasteiger partial charge on any atom is -0.493 e. The summed E-state index contributed by atoms with van der Waals surface area (Å²) < 4.78 is 23.8. The van der Waals surface area contributed by atoms with Crippen LogP contribution in [0.15, 0.2) is 60.2 Å². The third-order valence-corrected chi connectivity index (χ3v) is 3.94. The molecule has 8 heteroatoms. The molecule has 0 saturated carbocycles. The molecule has 0 N–H and O–H groups in total. The largest absolute Gasteiger partial charge is 0.493 e. The third-order valence-electron chi connectivity index (χ3n) is 3.94. The van der Waals surface area contributed by atoms with E-state index >= 15 is 0 Å². The van der Waals surface area contributed by atoms with Crippen molar-refractivity contribution in [2.45, 2.75) is 6.92 Å². The molecule has 0 aliphatic heterocycles. The van der Waals surface area contributed by atoms with E-state index in [-0.39, 0.29) is 0 Å². The molecule has 0 atom stereocenters. The average molecular weight is 396 g/mol. The lowest BCUT2D eigenvalue weighted by molar-refractivity contribution is 0.0757. The van der Waals surface area contributed by atoms with Crippen LogP contribution in [0, 0.1) is 6.92 Å². The predicted octanol–water partition coefficient (Wildman–Crippen LogP) is 2.95. The lowest BCUT2D eigenvalue weighted by Crippen LogP contribution is -2.12. The summed E-state index contributed by atoms with van der Waals surface area (Å²) in [5, 5.41) is 11.6. The van der Waals surface area contributed by atoms with Crippen LogP contribution in [0.4, 0.5) is 0 Å². The van der Waals surface area contributed by atoms with Gasteiger partial charge >= 0.3 is 0 Å². The van der Waals surface area contributed by atoms with Crippen molar-refractivity contribution in [1.82, 2.24) is 14.9 Å². The van der Waals surface area contributed by atoms with E-state index in [1.807, 2.05) is 49.4 Å². The SMILES string of the molecule is COc1cc(/C=N\n2cnnc2)ccc1OCCOCCOc1ccc(C)cc1. The summed E-state index contributed by atoms with van der Waals surface area (Å²) in [6, 6.07) is 13.5. The Kier molecular flexibility index (Phi) is 7.59. The molecule has 0 aliphatic rings. The van der Waals surface area contributed by atoms with Crippen LogP contribution >= 0.6 is 0 Å². The first-order chi connectivity index (χ1) is 14.2. The number of aromatic nitrogens is 3. The van der Waals surface area contributed by atoms with Gasteiger partial charge in [0.2, 0.25) is 0 Å². The van der Waals surface area contributed by atoms with Crippen molar-refractivity contribution in [3.8, 4) is 17.2 Å². The minimum absolute atomic E-state index is 0.412. The molecule has 0 fully saturated rings. The number of ether oxygens (including phenoxy) is 4. The molecule has 0 bridgehead atoms. The van der Waals surface area contributed by atoms with Crippen LogP contribution in [-0.2, 0) is 4.74 Å². The summed E-state index contributed by atoms with van der Waals surface area (Å²) in [7, 11) is 1.60. The summed E-state index contributed by atoms with van der Waals surface area (Å²) >= 11 is 0. The van der Waals surface area contributed by atoms with Crippen LogP contribution in [0.25, 0.3) is 0 Å². The van der Waals surface area contributed by atoms with E-state index in [4.69, 9.17) is 18.9 Å². The number of rotatable bonds is 11. The van der Waals surface area contributed by atoms with Gasteiger partial charge in [0.1, 0.15) is 31.6 Å². The van der Waals surface area contributed by atoms with Crippen LogP contribution in [-0.4, -0.2) is 54.6 Å². The molecule has 0 saturated heterocycles. The van der Waals surface area contributed by atoms with Crippen molar-refractivity contribution in [3.05, 3.63) is 66.2 Å². The summed E-state index contributed by atoms with van der Waals surface area (Å²) in [6.07, 6.45) is 4.71. The first-order valence-corrected chi connectivity index (χ1v) is 9.21. The maximum absolute atomic E-state index is 5.75. The highest BCUT2D eigenvalue weighted by Crippen LogP contribution is 2.27. The number of hydrogen-bond acceptors (Lipinski definition) is 7. The fraction of sp³-hybridized carbons (Fsp3) is 0.286. The molecular formula is C21H24N4O4. The molecule has 0 amide bonds. The van der Waals surface area contributed by atoms with Gasteiger partial charge in [0.05, 0.1) is 26.5 Å². The Bertz CT molecular complexity index is 896. The first-order valence-electron chi connectivity index (χ1n) is 9.21.